The lowest BCUT2D eigenvalue weighted by atomic mass is 9.82. The predicted molar refractivity (Wildman–Crippen MR) is 152 cm³/mol. The molecule has 1 fully saturated rings. The third-order valence-corrected chi connectivity index (χ3v) is 8.07. The molecule has 2 aliphatic rings. The van der Waals surface area contributed by atoms with E-state index in [1.807, 2.05) is 48.2 Å². The summed E-state index contributed by atoms with van der Waals surface area (Å²) in [6.07, 6.45) is 4.88. The van der Waals surface area contributed by atoms with Crippen LogP contribution in [-0.4, -0.2) is 67.0 Å². The van der Waals surface area contributed by atoms with Gasteiger partial charge in [-0.1, -0.05) is 31.2 Å². The molecule has 2 N–H and O–H groups in total. The van der Waals surface area contributed by atoms with Crippen molar-refractivity contribution in [2.24, 2.45) is 5.92 Å². The molecule has 8 nitrogen and oxygen atoms in total. The van der Waals surface area contributed by atoms with E-state index >= 15 is 0 Å². The Balaban J connectivity index is 1.61. The first kappa shape index (κ1) is 28.5. The molecule has 3 amide bonds. The third kappa shape index (κ3) is 6.38. The van der Waals surface area contributed by atoms with Crippen LogP contribution in [0.1, 0.15) is 71.3 Å². The number of nitrogens with one attached hydrogen (secondary N) is 2. The molecule has 0 saturated carbocycles. The number of carbonyl (C=O) groups excluding carboxylic acids is 4. The Kier molecular flexibility index (Phi) is 9.17. The summed E-state index contributed by atoms with van der Waals surface area (Å²) in [5, 5.41) is 6.71. The lowest BCUT2D eigenvalue weighted by Gasteiger charge is -2.40. The van der Waals surface area contributed by atoms with Crippen molar-refractivity contribution in [3.8, 4) is 0 Å². The molecule has 0 spiro atoms. The van der Waals surface area contributed by atoms with E-state index < -0.39 is 6.04 Å². The molecular weight excluding hydrogens is 492 g/mol. The van der Waals surface area contributed by atoms with Crippen LogP contribution in [0.2, 0.25) is 0 Å². The summed E-state index contributed by atoms with van der Waals surface area (Å²) < 4.78 is 0. The first-order chi connectivity index (χ1) is 18.7. The first-order valence-electron chi connectivity index (χ1n) is 13.9. The van der Waals surface area contributed by atoms with E-state index in [2.05, 4.69) is 17.6 Å². The van der Waals surface area contributed by atoms with Gasteiger partial charge in [0.1, 0.15) is 6.29 Å². The summed E-state index contributed by atoms with van der Waals surface area (Å²) >= 11 is 0. The number of hydrogen-bond acceptors (Lipinski definition) is 5. The average Bonchev–Trinajstić information content (AvgIpc) is 2.92. The van der Waals surface area contributed by atoms with Crippen LogP contribution in [0.15, 0.2) is 36.4 Å². The average molecular weight is 533 g/mol. The van der Waals surface area contributed by atoms with Crippen molar-refractivity contribution in [3.05, 3.63) is 64.2 Å². The number of piperidine rings is 1. The van der Waals surface area contributed by atoms with Crippen LogP contribution in [-0.2, 0) is 22.4 Å². The van der Waals surface area contributed by atoms with E-state index in [1.54, 1.807) is 19.0 Å². The lowest BCUT2D eigenvalue weighted by molar-refractivity contribution is -0.124. The number of Topliss-reactive ketones (excluding diaryl/α,β-unsaturated/α-hetero) is 1. The number of anilines is 1. The zero-order valence-corrected chi connectivity index (χ0v) is 23.5. The van der Waals surface area contributed by atoms with Gasteiger partial charge in [0.15, 0.2) is 5.78 Å². The number of aryl methyl sites for hydroxylation is 1. The van der Waals surface area contributed by atoms with Crippen molar-refractivity contribution in [2.45, 2.75) is 64.5 Å². The Labute approximate surface area is 231 Å². The monoisotopic (exact) mass is 532 g/mol. The number of likely N-dealkylation sites (tertiary alicyclic amines) is 1. The maximum absolute atomic E-state index is 13.3. The molecule has 8 heteroatoms. The fourth-order valence-electron chi connectivity index (χ4n) is 5.92. The Bertz CT molecular complexity index is 1240. The molecule has 1 saturated heterocycles. The topological polar surface area (TPSA) is 98.8 Å². The van der Waals surface area contributed by atoms with Gasteiger partial charge in [-0.2, -0.15) is 0 Å². The minimum atomic E-state index is -0.619. The van der Waals surface area contributed by atoms with Crippen LogP contribution in [0.4, 0.5) is 10.5 Å². The van der Waals surface area contributed by atoms with Crippen molar-refractivity contribution < 1.29 is 19.2 Å². The Morgan fingerprint density at radius 3 is 2.46 bits per heavy atom. The SMILES string of the molecule is Cc1ccccc1C(=O)Nc1ccc(C(N[C@H]2CCN(C(=O)N(C)C)C[C@H]2C)C(=O)CC=O)c2c1CCCC2. The number of benzene rings is 2. The second kappa shape index (κ2) is 12.6. The highest BCUT2D eigenvalue weighted by Gasteiger charge is 2.34. The molecule has 208 valence electrons. The maximum Gasteiger partial charge on any atom is 0.319 e. The Morgan fingerprint density at radius 2 is 1.79 bits per heavy atom. The van der Waals surface area contributed by atoms with E-state index in [4.69, 9.17) is 0 Å². The number of ketones is 1. The van der Waals surface area contributed by atoms with E-state index in [0.29, 0.717) is 24.9 Å². The predicted octanol–water partition coefficient (Wildman–Crippen LogP) is 4.31. The molecule has 1 unspecified atom stereocenters. The minimum Gasteiger partial charge on any atom is -0.331 e. The molecule has 0 bridgehead atoms. The van der Waals surface area contributed by atoms with Crippen molar-refractivity contribution in [1.82, 2.24) is 15.1 Å². The normalized spacial score (nSPS) is 19.5. The maximum atomic E-state index is 13.3. The number of carbonyl (C=O) groups is 4. The van der Waals surface area contributed by atoms with Gasteiger partial charge in [-0.05, 0) is 79.3 Å². The van der Waals surface area contributed by atoms with Crippen molar-refractivity contribution in [2.75, 3.05) is 32.5 Å². The smallest absolute Gasteiger partial charge is 0.319 e. The molecule has 3 atom stereocenters. The zero-order valence-electron chi connectivity index (χ0n) is 23.5. The van der Waals surface area contributed by atoms with Gasteiger partial charge in [-0.25, -0.2) is 4.79 Å². The molecular formula is C31H40N4O4. The van der Waals surface area contributed by atoms with Crippen LogP contribution in [0, 0.1) is 12.8 Å². The molecule has 1 aliphatic carbocycles. The molecule has 1 heterocycles. The molecule has 39 heavy (non-hydrogen) atoms. The van der Waals surface area contributed by atoms with E-state index in [-0.39, 0.29) is 36.1 Å². The number of aldehydes is 1. The molecule has 2 aromatic carbocycles. The second-order valence-corrected chi connectivity index (χ2v) is 11.1. The first-order valence-corrected chi connectivity index (χ1v) is 13.9. The van der Waals surface area contributed by atoms with E-state index in [9.17, 15) is 19.2 Å². The fourth-order valence-corrected chi connectivity index (χ4v) is 5.92. The van der Waals surface area contributed by atoms with E-state index in [1.165, 1.54) is 0 Å². The van der Waals surface area contributed by atoms with Crippen LogP contribution < -0.4 is 10.6 Å². The largest absolute Gasteiger partial charge is 0.331 e. The summed E-state index contributed by atoms with van der Waals surface area (Å²) in [7, 11) is 3.50. The standard InChI is InChI=1S/C31H40N4O4/c1-20-9-5-6-10-22(20)30(38)33-27-14-13-25(23-11-7-8-12-24(23)27)29(28(37)16-18-36)32-26-15-17-35(19-21(26)2)31(39)34(3)4/h5-6,9-10,13-14,18,21,26,29,32H,7-8,11-12,15-17,19H2,1-4H3,(H,33,38)/t21-,26+,29?/m1/s1. The third-order valence-electron chi connectivity index (χ3n) is 8.07. The highest BCUT2D eigenvalue weighted by molar-refractivity contribution is 6.05. The van der Waals surface area contributed by atoms with Gasteiger partial charge in [-0.3, -0.25) is 9.59 Å². The summed E-state index contributed by atoms with van der Waals surface area (Å²) in [5.74, 6) is -0.167. The summed E-state index contributed by atoms with van der Waals surface area (Å²) in [6, 6.07) is 10.8. The van der Waals surface area contributed by atoms with Crippen molar-refractivity contribution >= 4 is 29.7 Å². The number of urea groups is 1. The number of hydrogen-bond donors (Lipinski definition) is 2. The number of fused-ring (bicyclic) bond motifs is 1. The van der Waals surface area contributed by atoms with Crippen LogP contribution >= 0.6 is 0 Å². The highest BCUT2D eigenvalue weighted by atomic mass is 16.2. The van der Waals surface area contributed by atoms with Crippen LogP contribution in [0.5, 0.6) is 0 Å². The number of amides is 3. The van der Waals surface area contributed by atoms with Gasteiger partial charge >= 0.3 is 6.03 Å². The zero-order chi connectivity index (χ0) is 28.1. The lowest BCUT2D eigenvalue weighted by Crippen LogP contribution is -2.53. The quantitative estimate of drug-likeness (QED) is 0.390. The van der Waals surface area contributed by atoms with Gasteiger partial charge in [0, 0.05) is 44.5 Å². The van der Waals surface area contributed by atoms with Gasteiger partial charge in [0.2, 0.25) is 0 Å². The highest BCUT2D eigenvalue weighted by Crippen LogP contribution is 2.35. The molecule has 1 aliphatic heterocycles. The van der Waals surface area contributed by atoms with Gasteiger partial charge in [0.25, 0.3) is 5.91 Å². The van der Waals surface area contributed by atoms with Crippen molar-refractivity contribution in [1.29, 1.82) is 0 Å². The van der Waals surface area contributed by atoms with Gasteiger partial charge < -0.3 is 25.2 Å². The molecule has 2 aromatic rings. The summed E-state index contributed by atoms with van der Waals surface area (Å²) in [6.45, 7) is 5.22. The molecule has 0 radical (unpaired) electrons. The fraction of sp³-hybridized carbons (Fsp3) is 0.484. The summed E-state index contributed by atoms with van der Waals surface area (Å²) in [5.41, 5.74) is 5.40. The van der Waals surface area contributed by atoms with Crippen LogP contribution in [0.25, 0.3) is 0 Å². The Morgan fingerprint density at radius 1 is 1.08 bits per heavy atom. The molecule has 4 rings (SSSR count). The number of nitrogens with zero attached hydrogens (tertiary/aromatic N) is 2. The second-order valence-electron chi connectivity index (χ2n) is 11.1. The minimum absolute atomic E-state index is 0.00807. The van der Waals surface area contributed by atoms with E-state index in [0.717, 1.165) is 60.0 Å². The Hall–Kier alpha value is -3.52. The van der Waals surface area contributed by atoms with Gasteiger partial charge in [0.05, 0.1) is 12.5 Å². The van der Waals surface area contributed by atoms with Crippen molar-refractivity contribution in [3.63, 3.8) is 0 Å². The summed E-state index contributed by atoms with van der Waals surface area (Å²) in [4.78, 5) is 53.7. The van der Waals surface area contributed by atoms with Gasteiger partial charge in [-0.15, -0.1) is 0 Å². The number of rotatable bonds is 8. The molecule has 0 aromatic heterocycles. The van der Waals surface area contributed by atoms with Crippen LogP contribution in [0.3, 0.4) is 0 Å².